The van der Waals surface area contributed by atoms with E-state index in [4.69, 9.17) is 0 Å². The number of sulfone groups is 1. The summed E-state index contributed by atoms with van der Waals surface area (Å²) in [6, 6.07) is 6.82. The van der Waals surface area contributed by atoms with Crippen LogP contribution in [0.3, 0.4) is 0 Å². The predicted octanol–water partition coefficient (Wildman–Crippen LogP) is 2.43. The predicted molar refractivity (Wildman–Crippen MR) is 68.9 cm³/mol. The van der Waals surface area contributed by atoms with E-state index < -0.39 is 9.84 Å². The average Bonchev–Trinajstić information content (AvgIpc) is 2.58. The standard InChI is InChI=1S/C12H11BrO3S/c1-17(15,16)12-5-3-2-4-9(12)8-6-10(13)11(14)7-8/h2-6,8H,7H2,1H3. The second-order valence-electron chi connectivity index (χ2n) is 4.06. The first-order valence-electron chi connectivity index (χ1n) is 5.09. The van der Waals surface area contributed by atoms with Crippen molar-refractivity contribution in [3.05, 3.63) is 40.4 Å². The number of hydrogen-bond donors (Lipinski definition) is 0. The minimum absolute atomic E-state index is 0.0123. The normalized spacial score (nSPS) is 20.5. The third-order valence-electron chi connectivity index (χ3n) is 2.74. The Morgan fingerprint density at radius 3 is 2.47 bits per heavy atom. The molecule has 90 valence electrons. The van der Waals surface area contributed by atoms with Gasteiger partial charge in [-0.05, 0) is 27.6 Å². The Morgan fingerprint density at radius 1 is 1.29 bits per heavy atom. The zero-order valence-corrected chi connectivity index (χ0v) is 11.6. The Morgan fingerprint density at radius 2 is 1.94 bits per heavy atom. The molecular weight excluding hydrogens is 304 g/mol. The molecule has 5 heteroatoms. The number of carbonyl (C=O) groups is 1. The van der Waals surface area contributed by atoms with Crippen LogP contribution in [0, 0.1) is 0 Å². The third-order valence-corrected chi connectivity index (χ3v) is 4.61. The van der Waals surface area contributed by atoms with Gasteiger partial charge in [-0.15, -0.1) is 0 Å². The van der Waals surface area contributed by atoms with Gasteiger partial charge >= 0.3 is 0 Å². The molecule has 2 rings (SSSR count). The summed E-state index contributed by atoms with van der Waals surface area (Å²) in [5.41, 5.74) is 0.692. The molecule has 0 aromatic heterocycles. The molecule has 0 spiro atoms. The fourth-order valence-corrected chi connectivity index (χ4v) is 3.40. The van der Waals surface area contributed by atoms with E-state index in [2.05, 4.69) is 15.9 Å². The van der Waals surface area contributed by atoms with E-state index in [1.807, 2.05) is 0 Å². The van der Waals surface area contributed by atoms with Crippen LogP contribution in [0.15, 0.2) is 39.7 Å². The maximum atomic E-state index is 11.7. The van der Waals surface area contributed by atoms with Crippen LogP contribution in [-0.2, 0) is 14.6 Å². The van der Waals surface area contributed by atoms with Gasteiger partial charge < -0.3 is 0 Å². The van der Waals surface area contributed by atoms with Gasteiger partial charge in [0.25, 0.3) is 0 Å². The van der Waals surface area contributed by atoms with Crippen LogP contribution in [0.4, 0.5) is 0 Å². The van der Waals surface area contributed by atoms with Gasteiger partial charge in [0.05, 0.1) is 9.38 Å². The fraction of sp³-hybridized carbons (Fsp3) is 0.250. The van der Waals surface area contributed by atoms with Gasteiger partial charge in [-0.1, -0.05) is 24.3 Å². The highest BCUT2D eigenvalue weighted by Crippen LogP contribution is 2.35. The van der Waals surface area contributed by atoms with Crippen molar-refractivity contribution < 1.29 is 13.2 Å². The molecule has 17 heavy (non-hydrogen) atoms. The van der Waals surface area contributed by atoms with Gasteiger partial charge in [0.1, 0.15) is 0 Å². The number of Topliss-reactive ketones (excluding diaryl/α,β-unsaturated/α-hetero) is 1. The summed E-state index contributed by atoms with van der Waals surface area (Å²) in [7, 11) is -3.26. The van der Waals surface area contributed by atoms with E-state index in [1.165, 1.54) is 6.26 Å². The van der Waals surface area contributed by atoms with Crippen molar-refractivity contribution >= 4 is 31.6 Å². The van der Waals surface area contributed by atoms with Crippen molar-refractivity contribution in [3.8, 4) is 0 Å². The van der Waals surface area contributed by atoms with E-state index in [9.17, 15) is 13.2 Å². The fourth-order valence-electron chi connectivity index (χ4n) is 1.95. The Kier molecular flexibility index (Phi) is 3.23. The number of hydrogen-bond acceptors (Lipinski definition) is 3. The van der Waals surface area contributed by atoms with Crippen LogP contribution < -0.4 is 0 Å². The van der Waals surface area contributed by atoms with Crippen LogP contribution >= 0.6 is 15.9 Å². The van der Waals surface area contributed by atoms with E-state index in [0.29, 0.717) is 21.4 Å². The highest BCUT2D eigenvalue weighted by molar-refractivity contribution is 9.12. The molecule has 1 aromatic rings. The second-order valence-corrected chi connectivity index (χ2v) is 6.90. The molecule has 1 atom stereocenters. The molecule has 0 fully saturated rings. The summed E-state index contributed by atoms with van der Waals surface area (Å²) in [4.78, 5) is 11.8. The first kappa shape index (κ1) is 12.5. The highest BCUT2D eigenvalue weighted by Gasteiger charge is 2.27. The van der Waals surface area contributed by atoms with Gasteiger partial charge in [-0.2, -0.15) is 0 Å². The molecule has 0 radical (unpaired) electrons. The maximum Gasteiger partial charge on any atom is 0.175 e. The summed E-state index contributed by atoms with van der Waals surface area (Å²) in [5, 5.41) is 0. The first-order valence-corrected chi connectivity index (χ1v) is 7.77. The topological polar surface area (TPSA) is 51.2 Å². The summed E-state index contributed by atoms with van der Waals surface area (Å²) >= 11 is 3.18. The van der Waals surface area contributed by atoms with Crippen LogP contribution in [-0.4, -0.2) is 20.5 Å². The SMILES string of the molecule is CS(=O)(=O)c1ccccc1C1C=C(Br)C(=O)C1. The molecule has 0 saturated heterocycles. The number of rotatable bonds is 2. The van der Waals surface area contributed by atoms with Gasteiger partial charge in [-0.25, -0.2) is 8.42 Å². The van der Waals surface area contributed by atoms with E-state index >= 15 is 0 Å². The van der Waals surface area contributed by atoms with Crippen LogP contribution in [0.2, 0.25) is 0 Å². The largest absolute Gasteiger partial charge is 0.294 e. The average molecular weight is 315 g/mol. The molecule has 0 amide bonds. The quantitative estimate of drug-likeness (QED) is 0.842. The lowest BCUT2D eigenvalue weighted by Gasteiger charge is -2.11. The first-order chi connectivity index (χ1) is 7.89. The third kappa shape index (κ3) is 2.50. The lowest BCUT2D eigenvalue weighted by Crippen LogP contribution is -2.05. The smallest absolute Gasteiger partial charge is 0.175 e. The Balaban J connectivity index is 2.52. The number of ketones is 1. The molecule has 1 aliphatic carbocycles. The van der Waals surface area contributed by atoms with E-state index in [-0.39, 0.29) is 11.7 Å². The minimum Gasteiger partial charge on any atom is -0.294 e. The Hall–Kier alpha value is -0.940. The Labute approximate surface area is 109 Å². The van der Waals surface area contributed by atoms with Crippen LogP contribution in [0.1, 0.15) is 17.9 Å². The molecule has 0 N–H and O–H groups in total. The Bertz CT molecular complexity index is 602. The van der Waals surface area contributed by atoms with Gasteiger partial charge in [-0.3, -0.25) is 4.79 Å². The molecule has 1 aromatic carbocycles. The molecule has 0 heterocycles. The van der Waals surface area contributed by atoms with Crippen molar-refractivity contribution in [3.63, 3.8) is 0 Å². The zero-order chi connectivity index (χ0) is 12.6. The van der Waals surface area contributed by atoms with Crippen LogP contribution in [0.5, 0.6) is 0 Å². The summed E-state index contributed by atoms with van der Waals surface area (Å²) in [6.45, 7) is 0. The van der Waals surface area contributed by atoms with Crippen molar-refractivity contribution in [2.45, 2.75) is 17.2 Å². The number of carbonyl (C=O) groups excluding carboxylic acids is 1. The summed E-state index contributed by atoms with van der Waals surface area (Å²) in [5.74, 6) is -0.138. The molecular formula is C12H11BrO3S. The lowest BCUT2D eigenvalue weighted by molar-refractivity contribution is -0.114. The zero-order valence-electron chi connectivity index (χ0n) is 9.18. The molecule has 0 bridgehead atoms. The van der Waals surface area contributed by atoms with Gasteiger partial charge in [0.2, 0.25) is 0 Å². The van der Waals surface area contributed by atoms with E-state index in [1.54, 1.807) is 30.3 Å². The minimum atomic E-state index is -3.26. The molecule has 3 nitrogen and oxygen atoms in total. The van der Waals surface area contributed by atoms with Gasteiger partial charge in [0, 0.05) is 18.6 Å². The van der Waals surface area contributed by atoms with Gasteiger partial charge in [0.15, 0.2) is 15.6 Å². The molecule has 1 aliphatic rings. The van der Waals surface area contributed by atoms with E-state index in [0.717, 1.165) is 0 Å². The summed E-state index contributed by atoms with van der Waals surface area (Å²) in [6.07, 6.45) is 3.28. The van der Waals surface area contributed by atoms with Crippen molar-refractivity contribution in [1.29, 1.82) is 0 Å². The maximum absolute atomic E-state index is 11.7. The monoisotopic (exact) mass is 314 g/mol. The number of allylic oxidation sites excluding steroid dienone is 2. The molecule has 1 unspecified atom stereocenters. The van der Waals surface area contributed by atoms with Crippen LogP contribution in [0.25, 0.3) is 0 Å². The molecule has 0 aliphatic heterocycles. The second kappa shape index (κ2) is 4.38. The van der Waals surface area contributed by atoms with Crippen molar-refractivity contribution in [2.24, 2.45) is 0 Å². The van der Waals surface area contributed by atoms with Crippen molar-refractivity contribution in [1.82, 2.24) is 0 Å². The number of halogens is 1. The highest BCUT2D eigenvalue weighted by atomic mass is 79.9. The summed E-state index contributed by atoms with van der Waals surface area (Å²) < 4.78 is 23.8. The lowest BCUT2D eigenvalue weighted by atomic mass is 9.99. The number of benzene rings is 1. The van der Waals surface area contributed by atoms with Crippen molar-refractivity contribution in [2.75, 3.05) is 6.26 Å². The molecule has 0 saturated carbocycles.